The number of hydrogen-bond donors (Lipinski definition) is 2. The van der Waals surface area contributed by atoms with E-state index in [9.17, 15) is 4.79 Å². The molecule has 0 spiro atoms. The van der Waals surface area contributed by atoms with Gasteiger partial charge in [0.25, 0.3) is 5.91 Å². The summed E-state index contributed by atoms with van der Waals surface area (Å²) in [5.41, 5.74) is 9.46. The van der Waals surface area contributed by atoms with Crippen LogP contribution in [0.15, 0.2) is 17.2 Å². The number of nitrogens with one attached hydrogen (secondary N) is 1. The van der Waals surface area contributed by atoms with E-state index < -0.39 is 0 Å². The monoisotopic (exact) mass is 364 g/mol. The molecule has 0 aliphatic heterocycles. The zero-order chi connectivity index (χ0) is 18.4. The number of methoxy groups -OCH3 is 3. The van der Waals surface area contributed by atoms with Crippen molar-refractivity contribution in [2.45, 2.75) is 13.3 Å². The maximum Gasteiger partial charge on any atom is 0.283 e. The predicted molar refractivity (Wildman–Crippen MR) is 97.1 cm³/mol. The van der Waals surface area contributed by atoms with Gasteiger partial charge in [-0.15, -0.1) is 0 Å². The molecule has 1 heterocycles. The minimum atomic E-state index is -0.352. The number of hydrazone groups is 1. The Labute approximate surface area is 149 Å². The summed E-state index contributed by atoms with van der Waals surface area (Å²) in [4.78, 5) is 16.8. The first-order valence-electron chi connectivity index (χ1n) is 7.42. The minimum Gasteiger partial charge on any atom is -0.493 e. The molecule has 0 aliphatic rings. The Hall–Kier alpha value is -2.81. The molecule has 0 saturated carbocycles. The number of aryl methyl sites for hydroxylation is 1. The average molecular weight is 364 g/mol. The molecule has 0 saturated heterocycles. The fourth-order valence-electron chi connectivity index (χ4n) is 2.18. The molecule has 2 rings (SSSR count). The van der Waals surface area contributed by atoms with Gasteiger partial charge in [-0.1, -0.05) is 18.3 Å². The number of carbonyl (C=O) groups is 1. The molecule has 0 fully saturated rings. The van der Waals surface area contributed by atoms with Gasteiger partial charge >= 0.3 is 0 Å². The van der Waals surface area contributed by atoms with Crippen LogP contribution in [-0.4, -0.2) is 38.4 Å². The minimum absolute atomic E-state index is 0.352. The lowest BCUT2D eigenvalue weighted by Crippen LogP contribution is -2.17. The third-order valence-corrected chi connectivity index (χ3v) is 4.25. The molecular weight excluding hydrogens is 344 g/mol. The molecule has 25 heavy (non-hydrogen) atoms. The van der Waals surface area contributed by atoms with E-state index in [0.717, 1.165) is 11.3 Å². The number of ether oxygens (including phenoxy) is 3. The Bertz CT molecular complexity index is 763. The highest BCUT2D eigenvalue weighted by Crippen LogP contribution is 2.37. The van der Waals surface area contributed by atoms with E-state index in [1.807, 2.05) is 6.92 Å². The van der Waals surface area contributed by atoms with Crippen molar-refractivity contribution in [1.29, 1.82) is 0 Å². The van der Waals surface area contributed by atoms with E-state index in [4.69, 9.17) is 19.9 Å². The van der Waals surface area contributed by atoms with Crippen molar-refractivity contribution in [1.82, 2.24) is 10.4 Å². The molecule has 8 nitrogen and oxygen atoms in total. The van der Waals surface area contributed by atoms with Crippen molar-refractivity contribution in [3.8, 4) is 17.2 Å². The van der Waals surface area contributed by atoms with E-state index in [2.05, 4.69) is 15.5 Å². The first-order chi connectivity index (χ1) is 12.0. The third kappa shape index (κ3) is 4.18. The molecule has 2 aromatic rings. The molecule has 0 bridgehead atoms. The number of rotatable bonds is 7. The van der Waals surface area contributed by atoms with Crippen LogP contribution < -0.4 is 25.4 Å². The van der Waals surface area contributed by atoms with Gasteiger partial charge in [-0.2, -0.15) is 5.10 Å². The van der Waals surface area contributed by atoms with Gasteiger partial charge in [-0.3, -0.25) is 4.79 Å². The second-order valence-corrected chi connectivity index (χ2v) is 5.87. The lowest BCUT2D eigenvalue weighted by atomic mass is 10.2. The number of anilines is 1. The summed E-state index contributed by atoms with van der Waals surface area (Å²) < 4.78 is 15.8. The highest BCUT2D eigenvalue weighted by molar-refractivity contribution is 7.17. The largest absolute Gasteiger partial charge is 0.493 e. The van der Waals surface area contributed by atoms with Crippen molar-refractivity contribution in [2.24, 2.45) is 5.10 Å². The summed E-state index contributed by atoms with van der Waals surface area (Å²) in [6.45, 7) is 1.91. The van der Waals surface area contributed by atoms with Gasteiger partial charge in [0.2, 0.25) is 5.75 Å². The smallest absolute Gasteiger partial charge is 0.283 e. The first kappa shape index (κ1) is 18.5. The van der Waals surface area contributed by atoms with Crippen LogP contribution in [0.3, 0.4) is 0 Å². The van der Waals surface area contributed by atoms with Crippen molar-refractivity contribution in [3.05, 3.63) is 28.3 Å². The van der Waals surface area contributed by atoms with Gasteiger partial charge in [0.1, 0.15) is 4.88 Å². The number of amides is 1. The summed E-state index contributed by atoms with van der Waals surface area (Å²) in [5.74, 6) is 1.13. The molecular formula is C16H20N4O4S. The van der Waals surface area contributed by atoms with Crippen LogP contribution in [0.4, 0.5) is 5.13 Å². The summed E-state index contributed by atoms with van der Waals surface area (Å²) in [7, 11) is 4.58. The second kappa shape index (κ2) is 8.34. The molecule has 1 aromatic carbocycles. The predicted octanol–water partition coefficient (Wildman–Crippen LogP) is 2.08. The maximum atomic E-state index is 12.2. The van der Waals surface area contributed by atoms with Gasteiger partial charge in [-0.25, -0.2) is 10.4 Å². The van der Waals surface area contributed by atoms with Crippen molar-refractivity contribution < 1.29 is 19.0 Å². The van der Waals surface area contributed by atoms with Crippen LogP contribution in [0.5, 0.6) is 17.2 Å². The first-order valence-corrected chi connectivity index (χ1v) is 8.24. The van der Waals surface area contributed by atoms with E-state index in [-0.39, 0.29) is 5.91 Å². The number of aromatic nitrogens is 1. The zero-order valence-electron chi connectivity index (χ0n) is 14.5. The Kier molecular flexibility index (Phi) is 6.18. The molecule has 0 radical (unpaired) electrons. The number of thiazole rings is 1. The summed E-state index contributed by atoms with van der Waals surface area (Å²) in [6.07, 6.45) is 2.10. The molecule has 9 heteroatoms. The summed E-state index contributed by atoms with van der Waals surface area (Å²) in [5, 5.41) is 4.33. The quantitative estimate of drug-likeness (QED) is 0.575. The Morgan fingerprint density at radius 3 is 2.44 bits per heavy atom. The Morgan fingerprint density at radius 2 is 1.92 bits per heavy atom. The standard InChI is InChI=1S/C16H20N4O4S/c1-5-10-14(25-16(17)19-10)15(21)20-18-8-9-6-11(22-2)13(24-4)12(7-9)23-3/h6-8H,5H2,1-4H3,(H2,17,19)(H,20,21)/b18-8-. The van der Waals surface area contributed by atoms with Crippen LogP contribution >= 0.6 is 11.3 Å². The number of nitrogen functional groups attached to an aromatic ring is 1. The van der Waals surface area contributed by atoms with Gasteiger partial charge in [-0.05, 0) is 18.6 Å². The van der Waals surface area contributed by atoms with Crippen LogP contribution in [0.1, 0.15) is 27.9 Å². The molecule has 0 unspecified atom stereocenters. The van der Waals surface area contributed by atoms with Crippen molar-refractivity contribution in [2.75, 3.05) is 27.1 Å². The highest BCUT2D eigenvalue weighted by Gasteiger charge is 2.15. The normalized spacial score (nSPS) is 10.7. The van der Waals surface area contributed by atoms with Gasteiger partial charge in [0.05, 0.1) is 33.2 Å². The molecule has 134 valence electrons. The lowest BCUT2D eigenvalue weighted by molar-refractivity contribution is 0.0958. The topological polar surface area (TPSA) is 108 Å². The fourth-order valence-corrected chi connectivity index (χ4v) is 2.99. The number of carbonyl (C=O) groups excluding carboxylic acids is 1. The van der Waals surface area contributed by atoms with Gasteiger partial charge in [0, 0.05) is 5.56 Å². The van der Waals surface area contributed by atoms with Crippen molar-refractivity contribution >= 4 is 28.6 Å². The van der Waals surface area contributed by atoms with Gasteiger partial charge in [0.15, 0.2) is 16.6 Å². The van der Waals surface area contributed by atoms with E-state index in [1.165, 1.54) is 27.5 Å². The average Bonchev–Trinajstić information content (AvgIpc) is 3.01. The van der Waals surface area contributed by atoms with E-state index in [0.29, 0.717) is 44.9 Å². The van der Waals surface area contributed by atoms with Crippen molar-refractivity contribution in [3.63, 3.8) is 0 Å². The fraction of sp³-hybridized carbons (Fsp3) is 0.312. The molecule has 1 aromatic heterocycles. The van der Waals surface area contributed by atoms with E-state index in [1.54, 1.807) is 12.1 Å². The van der Waals surface area contributed by atoms with Crippen LogP contribution in [0, 0.1) is 0 Å². The highest BCUT2D eigenvalue weighted by atomic mass is 32.1. The number of nitrogens with two attached hydrogens (primary N) is 1. The van der Waals surface area contributed by atoms with Gasteiger partial charge < -0.3 is 19.9 Å². The zero-order valence-corrected chi connectivity index (χ0v) is 15.3. The van der Waals surface area contributed by atoms with Crippen LogP contribution in [-0.2, 0) is 6.42 Å². The number of nitrogens with zero attached hydrogens (tertiary/aromatic N) is 2. The number of hydrogen-bond acceptors (Lipinski definition) is 8. The van der Waals surface area contributed by atoms with Crippen LogP contribution in [0.2, 0.25) is 0 Å². The maximum absolute atomic E-state index is 12.2. The molecule has 3 N–H and O–H groups in total. The summed E-state index contributed by atoms with van der Waals surface area (Å²) in [6, 6.07) is 3.44. The van der Waals surface area contributed by atoms with E-state index >= 15 is 0 Å². The Morgan fingerprint density at radius 1 is 1.28 bits per heavy atom. The molecule has 0 aliphatic carbocycles. The Balaban J connectivity index is 2.17. The number of benzene rings is 1. The summed E-state index contributed by atoms with van der Waals surface area (Å²) >= 11 is 1.13. The third-order valence-electron chi connectivity index (χ3n) is 3.32. The molecule has 0 atom stereocenters. The van der Waals surface area contributed by atoms with Crippen LogP contribution in [0.25, 0.3) is 0 Å². The SMILES string of the molecule is CCc1nc(N)sc1C(=O)N/N=C\c1cc(OC)c(OC)c(OC)c1. The molecule has 1 amide bonds. The second-order valence-electron chi connectivity index (χ2n) is 4.84. The lowest BCUT2D eigenvalue weighted by Gasteiger charge is -2.12.